The molecule has 136 valence electrons. The molecule has 2 aliphatic rings. The van der Waals surface area contributed by atoms with Gasteiger partial charge in [0, 0.05) is 18.3 Å². The third-order valence-corrected chi connectivity index (χ3v) is 6.22. The predicted molar refractivity (Wildman–Crippen MR) is 114 cm³/mol. The van der Waals surface area contributed by atoms with Crippen LogP contribution in [0.1, 0.15) is 41.3 Å². The zero-order valence-corrected chi connectivity index (χ0v) is 16.2. The number of rotatable bonds is 2. The Hall–Kier alpha value is -2.74. The number of aryl methyl sites for hydroxylation is 2. The van der Waals surface area contributed by atoms with E-state index in [9.17, 15) is 0 Å². The zero-order chi connectivity index (χ0) is 18.4. The maximum atomic E-state index is 2.52. The molecule has 2 heteroatoms. The molecule has 1 heterocycles. The summed E-state index contributed by atoms with van der Waals surface area (Å²) in [6.07, 6.45) is 5.25. The van der Waals surface area contributed by atoms with E-state index in [-0.39, 0.29) is 6.17 Å². The van der Waals surface area contributed by atoms with Crippen LogP contribution in [0.15, 0.2) is 66.7 Å². The van der Waals surface area contributed by atoms with E-state index in [0.29, 0.717) is 0 Å². The van der Waals surface area contributed by atoms with Crippen molar-refractivity contribution < 1.29 is 0 Å². The first kappa shape index (κ1) is 16.4. The molecule has 3 aromatic carbocycles. The predicted octanol–water partition coefficient (Wildman–Crippen LogP) is 6.16. The fraction of sp³-hybridized carbons (Fsp3) is 0.280. The number of nitrogens with zero attached hydrogens (tertiary/aromatic N) is 2. The number of hydrogen-bond donors (Lipinski definition) is 0. The van der Waals surface area contributed by atoms with E-state index < -0.39 is 0 Å². The highest BCUT2D eigenvalue weighted by atomic mass is 15.4. The van der Waals surface area contributed by atoms with Gasteiger partial charge >= 0.3 is 0 Å². The van der Waals surface area contributed by atoms with Crippen molar-refractivity contribution in [1.82, 2.24) is 0 Å². The molecule has 0 amide bonds. The van der Waals surface area contributed by atoms with E-state index >= 15 is 0 Å². The molecular formula is C25H26N2. The Labute approximate surface area is 162 Å². The van der Waals surface area contributed by atoms with Crippen LogP contribution in [-0.4, -0.2) is 7.05 Å². The third-order valence-electron chi connectivity index (χ3n) is 6.22. The van der Waals surface area contributed by atoms with E-state index in [4.69, 9.17) is 0 Å². The van der Waals surface area contributed by atoms with Gasteiger partial charge in [-0.25, -0.2) is 0 Å². The van der Waals surface area contributed by atoms with Crippen LogP contribution in [0.4, 0.5) is 17.1 Å². The minimum Gasteiger partial charge on any atom is -0.348 e. The van der Waals surface area contributed by atoms with E-state index in [1.807, 2.05) is 0 Å². The molecule has 0 aromatic heterocycles. The van der Waals surface area contributed by atoms with Crippen molar-refractivity contribution in [3.63, 3.8) is 0 Å². The molecule has 1 aliphatic carbocycles. The minimum absolute atomic E-state index is 0.206. The molecule has 1 atom stereocenters. The van der Waals surface area contributed by atoms with Crippen molar-refractivity contribution >= 4 is 17.1 Å². The Morgan fingerprint density at radius 1 is 0.778 bits per heavy atom. The fourth-order valence-electron chi connectivity index (χ4n) is 4.93. The smallest absolute Gasteiger partial charge is 0.133 e. The summed E-state index contributed by atoms with van der Waals surface area (Å²) in [5.41, 5.74) is 9.91. The maximum Gasteiger partial charge on any atom is 0.133 e. The van der Waals surface area contributed by atoms with Crippen molar-refractivity contribution in [3.8, 4) is 0 Å². The second-order valence-electron chi connectivity index (χ2n) is 7.82. The summed E-state index contributed by atoms with van der Waals surface area (Å²) in [7, 11) is 2.24. The van der Waals surface area contributed by atoms with Crippen molar-refractivity contribution in [1.29, 1.82) is 0 Å². The molecule has 1 unspecified atom stereocenters. The SMILES string of the molecule is Cc1ccc2c(c1C1N(C)c3ccccc3N1c1ccccc1)CCCC2. The molecule has 0 saturated heterocycles. The number of hydrogen-bond acceptors (Lipinski definition) is 2. The van der Waals surface area contributed by atoms with Crippen LogP contribution >= 0.6 is 0 Å². The summed E-state index contributed by atoms with van der Waals surface area (Å²) < 4.78 is 0. The van der Waals surface area contributed by atoms with E-state index in [0.717, 1.165) is 0 Å². The highest BCUT2D eigenvalue weighted by Crippen LogP contribution is 2.51. The molecule has 0 fully saturated rings. The van der Waals surface area contributed by atoms with Crippen LogP contribution in [0.25, 0.3) is 0 Å². The van der Waals surface area contributed by atoms with Crippen LogP contribution in [0.5, 0.6) is 0 Å². The van der Waals surface area contributed by atoms with Crippen molar-refractivity contribution in [3.05, 3.63) is 89.0 Å². The fourth-order valence-corrected chi connectivity index (χ4v) is 4.93. The maximum absolute atomic E-state index is 2.52. The Morgan fingerprint density at radius 3 is 2.30 bits per heavy atom. The van der Waals surface area contributed by atoms with Gasteiger partial charge in [0.1, 0.15) is 6.17 Å². The molecule has 5 rings (SSSR count). The Bertz CT molecular complexity index is 977. The van der Waals surface area contributed by atoms with E-state index in [1.54, 1.807) is 11.1 Å². The molecule has 0 saturated carbocycles. The van der Waals surface area contributed by atoms with E-state index in [1.165, 1.54) is 53.9 Å². The lowest BCUT2D eigenvalue weighted by Gasteiger charge is -2.35. The van der Waals surface area contributed by atoms with Gasteiger partial charge in [0.2, 0.25) is 0 Å². The van der Waals surface area contributed by atoms with Crippen LogP contribution in [-0.2, 0) is 12.8 Å². The minimum atomic E-state index is 0.206. The molecule has 2 nitrogen and oxygen atoms in total. The van der Waals surface area contributed by atoms with Crippen LogP contribution in [0, 0.1) is 6.92 Å². The molecule has 0 spiro atoms. The molecule has 0 radical (unpaired) electrons. The lowest BCUT2D eigenvalue weighted by Crippen LogP contribution is -2.32. The summed E-state index contributed by atoms with van der Waals surface area (Å²) in [6, 6.07) is 24.3. The second kappa shape index (κ2) is 6.45. The first-order valence-corrected chi connectivity index (χ1v) is 10.0. The van der Waals surface area contributed by atoms with Crippen LogP contribution < -0.4 is 9.80 Å². The molecule has 0 N–H and O–H groups in total. The molecule has 1 aliphatic heterocycles. The van der Waals surface area contributed by atoms with Crippen molar-refractivity contribution in [2.24, 2.45) is 0 Å². The van der Waals surface area contributed by atoms with Gasteiger partial charge in [0.15, 0.2) is 0 Å². The van der Waals surface area contributed by atoms with Gasteiger partial charge in [0.25, 0.3) is 0 Å². The quantitative estimate of drug-likeness (QED) is 0.544. The van der Waals surface area contributed by atoms with E-state index in [2.05, 4.69) is 90.5 Å². The van der Waals surface area contributed by atoms with Gasteiger partial charge in [-0.15, -0.1) is 0 Å². The number of para-hydroxylation sites is 3. The number of fused-ring (bicyclic) bond motifs is 2. The molecule has 0 bridgehead atoms. The lowest BCUT2D eigenvalue weighted by atomic mass is 9.84. The zero-order valence-electron chi connectivity index (χ0n) is 16.2. The normalized spacial score (nSPS) is 18.4. The average Bonchev–Trinajstić information content (AvgIpc) is 3.01. The van der Waals surface area contributed by atoms with Crippen molar-refractivity contribution in [2.45, 2.75) is 38.8 Å². The second-order valence-corrected chi connectivity index (χ2v) is 7.82. The van der Waals surface area contributed by atoms with Crippen LogP contribution in [0.3, 0.4) is 0 Å². The summed E-state index contributed by atoms with van der Waals surface area (Å²) >= 11 is 0. The third kappa shape index (κ3) is 2.55. The highest BCUT2D eigenvalue weighted by molar-refractivity contribution is 5.84. The summed E-state index contributed by atoms with van der Waals surface area (Å²) in [5.74, 6) is 0. The monoisotopic (exact) mass is 354 g/mol. The Morgan fingerprint density at radius 2 is 1.48 bits per heavy atom. The standard InChI is InChI=1S/C25H26N2/c1-18-16-17-19-10-6-7-13-21(19)24(18)25-26(2)22-14-8-9-15-23(22)27(25)20-11-4-3-5-12-20/h3-5,8-9,11-12,14-17,25H,6-7,10,13H2,1-2H3. The summed E-state index contributed by atoms with van der Waals surface area (Å²) in [4.78, 5) is 4.98. The highest BCUT2D eigenvalue weighted by Gasteiger charge is 2.38. The van der Waals surface area contributed by atoms with Crippen LogP contribution in [0.2, 0.25) is 0 Å². The average molecular weight is 354 g/mol. The number of benzene rings is 3. The molecule has 3 aromatic rings. The van der Waals surface area contributed by atoms with Gasteiger partial charge in [-0.3, -0.25) is 0 Å². The molecular weight excluding hydrogens is 328 g/mol. The largest absolute Gasteiger partial charge is 0.348 e. The van der Waals surface area contributed by atoms with Gasteiger partial charge < -0.3 is 9.80 Å². The Balaban J connectivity index is 1.74. The number of anilines is 3. The van der Waals surface area contributed by atoms with Gasteiger partial charge in [-0.05, 0) is 73.6 Å². The van der Waals surface area contributed by atoms with Crippen molar-refractivity contribution in [2.75, 3.05) is 16.8 Å². The Kier molecular flexibility index (Phi) is 3.93. The summed E-state index contributed by atoms with van der Waals surface area (Å²) in [5, 5.41) is 0. The topological polar surface area (TPSA) is 6.48 Å². The van der Waals surface area contributed by atoms with Gasteiger partial charge in [0.05, 0.1) is 11.4 Å². The first-order chi connectivity index (χ1) is 13.3. The lowest BCUT2D eigenvalue weighted by molar-refractivity contribution is 0.647. The van der Waals surface area contributed by atoms with Gasteiger partial charge in [-0.2, -0.15) is 0 Å². The summed E-state index contributed by atoms with van der Waals surface area (Å²) in [6.45, 7) is 2.28. The molecule has 27 heavy (non-hydrogen) atoms. The van der Waals surface area contributed by atoms with Gasteiger partial charge in [-0.1, -0.05) is 42.5 Å². The first-order valence-electron chi connectivity index (χ1n) is 10.0.